The third-order valence-electron chi connectivity index (χ3n) is 2.57. The summed E-state index contributed by atoms with van der Waals surface area (Å²) < 4.78 is 25.8. The molecular formula is C11H13F2N3O. The molecule has 0 bridgehead atoms. The van der Waals surface area contributed by atoms with E-state index in [2.05, 4.69) is 15.6 Å². The number of alkyl halides is 2. The highest BCUT2D eigenvalue weighted by molar-refractivity contribution is 5.94. The molecule has 4 nitrogen and oxygen atoms in total. The molecule has 1 aromatic heterocycles. The van der Waals surface area contributed by atoms with Crippen molar-refractivity contribution in [1.29, 1.82) is 0 Å². The minimum Gasteiger partial charge on any atom is -0.309 e. The number of anilines is 1. The lowest BCUT2D eigenvalue weighted by atomic mass is 10.2. The highest BCUT2D eigenvalue weighted by Crippen LogP contribution is 2.25. The second-order valence-corrected chi connectivity index (χ2v) is 4.15. The second kappa shape index (κ2) is 4.37. The van der Waals surface area contributed by atoms with E-state index in [-0.39, 0.29) is 0 Å². The van der Waals surface area contributed by atoms with Crippen LogP contribution in [0.15, 0.2) is 18.2 Å². The number of amides is 1. The largest absolute Gasteiger partial charge is 0.309 e. The molecule has 0 radical (unpaired) electrons. The summed E-state index contributed by atoms with van der Waals surface area (Å²) in [5.74, 6) is -2.89. The summed E-state index contributed by atoms with van der Waals surface area (Å²) in [6, 6.07) is 4.30. The van der Waals surface area contributed by atoms with Gasteiger partial charge in [0.15, 0.2) is 0 Å². The summed E-state index contributed by atoms with van der Waals surface area (Å²) in [4.78, 5) is 15.7. The fraction of sp³-hybridized carbons (Fsp3) is 0.455. The van der Waals surface area contributed by atoms with Crippen LogP contribution in [0.2, 0.25) is 0 Å². The van der Waals surface area contributed by atoms with Gasteiger partial charge >= 0.3 is 0 Å². The molecule has 92 valence electrons. The van der Waals surface area contributed by atoms with Gasteiger partial charge in [-0.2, -0.15) is 0 Å². The maximum atomic E-state index is 12.9. The van der Waals surface area contributed by atoms with Crippen LogP contribution in [0.1, 0.15) is 12.1 Å². The number of aromatic nitrogens is 1. The van der Waals surface area contributed by atoms with Gasteiger partial charge in [0.1, 0.15) is 5.82 Å². The summed E-state index contributed by atoms with van der Waals surface area (Å²) in [6.45, 7) is 1.34. The highest BCUT2D eigenvalue weighted by Gasteiger charge is 2.42. The number of hydrogen-bond donors (Lipinski definition) is 2. The standard InChI is InChI=1S/C11H13F2N3O/c1-7-3-2-4-9(15-7)16-10(17)8-5-11(12,13)6-14-8/h2-4,8,14H,5-6H2,1H3,(H,15,16,17). The van der Waals surface area contributed by atoms with Crippen molar-refractivity contribution in [3.63, 3.8) is 0 Å². The first-order valence-corrected chi connectivity index (χ1v) is 5.32. The summed E-state index contributed by atoms with van der Waals surface area (Å²) >= 11 is 0. The minimum atomic E-state index is -2.80. The van der Waals surface area contributed by atoms with Gasteiger partial charge in [-0.1, -0.05) is 6.07 Å². The Hall–Kier alpha value is -1.56. The SMILES string of the molecule is Cc1cccc(NC(=O)C2CC(F)(F)CN2)n1. The van der Waals surface area contributed by atoms with Crippen LogP contribution in [-0.2, 0) is 4.79 Å². The molecule has 2 rings (SSSR count). The van der Waals surface area contributed by atoms with E-state index in [1.165, 1.54) is 0 Å². The Morgan fingerprint density at radius 3 is 2.94 bits per heavy atom. The monoisotopic (exact) mass is 241 g/mol. The summed E-state index contributed by atoms with van der Waals surface area (Å²) in [7, 11) is 0. The fourth-order valence-corrected chi connectivity index (χ4v) is 1.73. The fourth-order valence-electron chi connectivity index (χ4n) is 1.73. The summed E-state index contributed by atoms with van der Waals surface area (Å²) in [5.41, 5.74) is 0.757. The molecule has 1 aromatic rings. The minimum absolute atomic E-state index is 0.381. The van der Waals surface area contributed by atoms with Crippen molar-refractivity contribution in [1.82, 2.24) is 10.3 Å². The predicted octanol–water partition coefficient (Wildman–Crippen LogP) is 1.33. The lowest BCUT2D eigenvalue weighted by Gasteiger charge is -2.10. The molecule has 1 fully saturated rings. The molecule has 0 spiro atoms. The van der Waals surface area contributed by atoms with Gasteiger partial charge < -0.3 is 5.32 Å². The maximum Gasteiger partial charge on any atom is 0.262 e. The first-order valence-electron chi connectivity index (χ1n) is 5.32. The van der Waals surface area contributed by atoms with Gasteiger partial charge in [-0.25, -0.2) is 13.8 Å². The van der Waals surface area contributed by atoms with Gasteiger partial charge in [0, 0.05) is 12.1 Å². The van der Waals surface area contributed by atoms with Gasteiger partial charge in [0.25, 0.3) is 5.92 Å². The zero-order chi connectivity index (χ0) is 12.5. The number of carbonyl (C=O) groups excluding carboxylic acids is 1. The Morgan fingerprint density at radius 1 is 1.59 bits per heavy atom. The van der Waals surface area contributed by atoms with Crippen molar-refractivity contribution in [2.45, 2.75) is 25.3 Å². The van der Waals surface area contributed by atoms with Crippen molar-refractivity contribution < 1.29 is 13.6 Å². The number of halogens is 2. The van der Waals surface area contributed by atoms with Gasteiger partial charge in [-0.3, -0.25) is 10.1 Å². The van der Waals surface area contributed by atoms with Gasteiger partial charge in [-0.05, 0) is 19.1 Å². The van der Waals surface area contributed by atoms with Crippen molar-refractivity contribution in [3.05, 3.63) is 23.9 Å². The molecule has 0 aromatic carbocycles. The molecule has 0 aliphatic carbocycles. The molecular weight excluding hydrogens is 228 g/mol. The molecule has 1 unspecified atom stereocenters. The van der Waals surface area contributed by atoms with E-state index >= 15 is 0 Å². The summed E-state index contributed by atoms with van der Waals surface area (Å²) in [6.07, 6.45) is -0.468. The van der Waals surface area contributed by atoms with Crippen LogP contribution < -0.4 is 10.6 Å². The zero-order valence-corrected chi connectivity index (χ0v) is 9.34. The predicted molar refractivity (Wildman–Crippen MR) is 59.0 cm³/mol. The molecule has 6 heteroatoms. The lowest BCUT2D eigenvalue weighted by molar-refractivity contribution is -0.118. The quantitative estimate of drug-likeness (QED) is 0.821. The average Bonchev–Trinajstić information content (AvgIpc) is 2.59. The van der Waals surface area contributed by atoms with Crippen LogP contribution in [0, 0.1) is 6.92 Å². The van der Waals surface area contributed by atoms with Crippen molar-refractivity contribution in [3.8, 4) is 0 Å². The molecule has 2 heterocycles. The van der Waals surface area contributed by atoms with Crippen LogP contribution in [0.3, 0.4) is 0 Å². The van der Waals surface area contributed by atoms with Gasteiger partial charge in [-0.15, -0.1) is 0 Å². The van der Waals surface area contributed by atoms with E-state index < -0.39 is 30.8 Å². The third kappa shape index (κ3) is 2.97. The summed E-state index contributed by atoms with van der Waals surface area (Å²) in [5, 5.41) is 5.01. The second-order valence-electron chi connectivity index (χ2n) is 4.15. The Kier molecular flexibility index (Phi) is 3.06. The van der Waals surface area contributed by atoms with Crippen LogP contribution in [0.25, 0.3) is 0 Å². The van der Waals surface area contributed by atoms with Crippen LogP contribution in [-0.4, -0.2) is 29.4 Å². The number of nitrogens with zero attached hydrogens (tertiary/aromatic N) is 1. The molecule has 0 saturated carbocycles. The number of hydrogen-bond acceptors (Lipinski definition) is 3. The normalized spacial score (nSPS) is 22.4. The topological polar surface area (TPSA) is 54.0 Å². The van der Waals surface area contributed by atoms with E-state index in [1.807, 2.05) is 0 Å². The molecule has 1 aliphatic rings. The number of nitrogens with one attached hydrogen (secondary N) is 2. The Bertz CT molecular complexity index is 436. The van der Waals surface area contributed by atoms with Crippen LogP contribution >= 0.6 is 0 Å². The van der Waals surface area contributed by atoms with Crippen molar-refractivity contribution >= 4 is 11.7 Å². The van der Waals surface area contributed by atoms with Crippen molar-refractivity contribution in [2.75, 3.05) is 11.9 Å². The van der Waals surface area contributed by atoms with Crippen LogP contribution in [0.5, 0.6) is 0 Å². The molecule has 1 amide bonds. The van der Waals surface area contributed by atoms with E-state index in [1.54, 1.807) is 25.1 Å². The first-order chi connectivity index (χ1) is 7.96. The number of aryl methyl sites for hydroxylation is 1. The maximum absolute atomic E-state index is 12.9. The molecule has 1 aliphatic heterocycles. The van der Waals surface area contributed by atoms with E-state index in [9.17, 15) is 13.6 Å². The van der Waals surface area contributed by atoms with Gasteiger partial charge in [0.05, 0.1) is 12.6 Å². The van der Waals surface area contributed by atoms with E-state index in [4.69, 9.17) is 0 Å². The third-order valence-corrected chi connectivity index (χ3v) is 2.57. The number of carbonyl (C=O) groups is 1. The lowest BCUT2D eigenvalue weighted by Crippen LogP contribution is -2.35. The van der Waals surface area contributed by atoms with Crippen LogP contribution in [0.4, 0.5) is 14.6 Å². The molecule has 1 atom stereocenters. The smallest absolute Gasteiger partial charge is 0.262 e. The number of rotatable bonds is 2. The number of pyridine rings is 1. The zero-order valence-electron chi connectivity index (χ0n) is 9.34. The Labute approximate surface area is 97.4 Å². The molecule has 2 N–H and O–H groups in total. The van der Waals surface area contributed by atoms with Crippen molar-refractivity contribution in [2.24, 2.45) is 0 Å². The molecule has 1 saturated heterocycles. The molecule has 17 heavy (non-hydrogen) atoms. The van der Waals surface area contributed by atoms with E-state index in [0.29, 0.717) is 5.82 Å². The Balaban J connectivity index is 1.98. The first kappa shape index (κ1) is 11.9. The Morgan fingerprint density at radius 2 is 2.35 bits per heavy atom. The highest BCUT2D eigenvalue weighted by atomic mass is 19.3. The van der Waals surface area contributed by atoms with Gasteiger partial charge in [0.2, 0.25) is 5.91 Å². The van der Waals surface area contributed by atoms with E-state index in [0.717, 1.165) is 5.69 Å². The average molecular weight is 241 g/mol.